The van der Waals surface area contributed by atoms with Crippen LogP contribution in [0.3, 0.4) is 0 Å². The van der Waals surface area contributed by atoms with Crippen LogP contribution in [0, 0.1) is 6.92 Å². The van der Waals surface area contributed by atoms with Gasteiger partial charge in [0.2, 0.25) is 0 Å². The van der Waals surface area contributed by atoms with Crippen LogP contribution in [0.25, 0.3) is 0 Å². The van der Waals surface area contributed by atoms with Crippen LogP contribution in [0.2, 0.25) is 0 Å². The van der Waals surface area contributed by atoms with Gasteiger partial charge in [0, 0.05) is 6.54 Å². The van der Waals surface area contributed by atoms with Crippen LogP contribution in [-0.2, 0) is 9.59 Å². The average molecular weight is 305 g/mol. The van der Waals surface area contributed by atoms with Crippen molar-refractivity contribution in [2.75, 3.05) is 6.54 Å². The minimum atomic E-state index is -1.12. The van der Waals surface area contributed by atoms with Crippen LogP contribution < -0.4 is 4.74 Å². The minimum Gasteiger partial charge on any atom is -0.481 e. The number of carboxylic acid groups (broad SMARTS) is 1. The van der Waals surface area contributed by atoms with Gasteiger partial charge in [-0.25, -0.2) is 4.79 Å². The van der Waals surface area contributed by atoms with E-state index in [1.807, 2.05) is 38.1 Å². The second-order valence-electron chi connectivity index (χ2n) is 6.00. The van der Waals surface area contributed by atoms with Crippen LogP contribution >= 0.6 is 0 Å². The highest BCUT2D eigenvalue weighted by atomic mass is 16.5. The van der Waals surface area contributed by atoms with E-state index in [0.717, 1.165) is 5.56 Å². The molecule has 5 nitrogen and oxygen atoms in total. The smallest absolute Gasteiger partial charge is 0.329 e. The molecule has 1 fully saturated rings. The van der Waals surface area contributed by atoms with E-state index in [2.05, 4.69) is 0 Å². The van der Waals surface area contributed by atoms with E-state index in [4.69, 9.17) is 4.74 Å². The number of hydrogen-bond acceptors (Lipinski definition) is 3. The second-order valence-corrected chi connectivity index (χ2v) is 6.00. The van der Waals surface area contributed by atoms with E-state index in [1.54, 1.807) is 6.92 Å². The third-order valence-electron chi connectivity index (χ3n) is 4.28. The largest absolute Gasteiger partial charge is 0.481 e. The first kappa shape index (κ1) is 16.3. The highest BCUT2D eigenvalue weighted by Gasteiger charge is 2.47. The first-order valence-corrected chi connectivity index (χ1v) is 7.66. The van der Waals surface area contributed by atoms with E-state index in [9.17, 15) is 14.7 Å². The number of carbonyl (C=O) groups excluding carboxylic acids is 1. The maximum atomic E-state index is 12.7. The molecule has 5 heteroatoms. The molecule has 1 saturated heterocycles. The van der Waals surface area contributed by atoms with Crippen molar-refractivity contribution in [1.82, 2.24) is 4.90 Å². The molecule has 2 atom stereocenters. The van der Waals surface area contributed by atoms with Gasteiger partial charge in [0.25, 0.3) is 5.91 Å². The monoisotopic (exact) mass is 305 g/mol. The van der Waals surface area contributed by atoms with Crippen molar-refractivity contribution in [2.45, 2.75) is 51.7 Å². The van der Waals surface area contributed by atoms with Gasteiger partial charge in [-0.3, -0.25) is 4.79 Å². The molecule has 2 rings (SSSR count). The average Bonchev–Trinajstić information content (AvgIpc) is 2.87. The lowest BCUT2D eigenvalue weighted by molar-refractivity contribution is -0.158. The Morgan fingerprint density at radius 2 is 2.18 bits per heavy atom. The molecular weight excluding hydrogens is 282 g/mol. The molecule has 1 aromatic rings. The van der Waals surface area contributed by atoms with Gasteiger partial charge in [-0.1, -0.05) is 19.1 Å². The van der Waals surface area contributed by atoms with Gasteiger partial charge in [0.1, 0.15) is 11.3 Å². The number of ether oxygens (including phenoxy) is 1. The summed E-state index contributed by atoms with van der Waals surface area (Å²) >= 11 is 0. The molecular formula is C17H23NO4. The van der Waals surface area contributed by atoms with Crippen molar-refractivity contribution in [3.05, 3.63) is 29.8 Å². The van der Waals surface area contributed by atoms with Gasteiger partial charge in [-0.05, 0) is 50.8 Å². The summed E-state index contributed by atoms with van der Waals surface area (Å²) < 4.78 is 5.81. The fourth-order valence-electron chi connectivity index (χ4n) is 2.87. The second kappa shape index (κ2) is 6.38. The molecule has 1 N–H and O–H groups in total. The summed E-state index contributed by atoms with van der Waals surface area (Å²) in [6.07, 6.45) is 1.03. The first-order valence-electron chi connectivity index (χ1n) is 7.66. The topological polar surface area (TPSA) is 66.8 Å². The Morgan fingerprint density at radius 1 is 1.45 bits per heavy atom. The number of carbonyl (C=O) groups is 2. The molecule has 0 saturated carbocycles. The lowest BCUT2D eigenvalue weighted by atomic mass is 9.98. The number of carboxylic acids is 1. The zero-order valence-electron chi connectivity index (χ0n) is 13.3. The van der Waals surface area contributed by atoms with Crippen molar-refractivity contribution in [3.63, 3.8) is 0 Å². The maximum absolute atomic E-state index is 12.7. The molecule has 0 bridgehead atoms. The van der Waals surface area contributed by atoms with Crippen molar-refractivity contribution in [1.29, 1.82) is 0 Å². The molecule has 2 unspecified atom stereocenters. The predicted octanol–water partition coefficient (Wildman–Crippen LogP) is 2.62. The first-order chi connectivity index (χ1) is 10.4. The summed E-state index contributed by atoms with van der Waals surface area (Å²) in [5.41, 5.74) is -0.0724. The highest BCUT2D eigenvalue weighted by Crippen LogP contribution is 2.31. The molecule has 1 aromatic carbocycles. The Morgan fingerprint density at radius 3 is 2.77 bits per heavy atom. The molecule has 22 heavy (non-hydrogen) atoms. The van der Waals surface area contributed by atoms with Crippen LogP contribution in [0.15, 0.2) is 24.3 Å². The Bertz CT molecular complexity index is 572. The number of hydrogen-bond donors (Lipinski definition) is 1. The molecule has 1 aliphatic rings. The fourth-order valence-corrected chi connectivity index (χ4v) is 2.87. The lowest BCUT2D eigenvalue weighted by Crippen LogP contribution is -2.54. The summed E-state index contributed by atoms with van der Waals surface area (Å²) in [6.45, 7) is 5.90. The van der Waals surface area contributed by atoms with Gasteiger partial charge >= 0.3 is 5.97 Å². The number of rotatable bonds is 5. The summed E-state index contributed by atoms with van der Waals surface area (Å²) in [7, 11) is 0. The molecule has 0 aliphatic carbocycles. The number of benzene rings is 1. The van der Waals surface area contributed by atoms with Gasteiger partial charge < -0.3 is 14.7 Å². The minimum absolute atomic E-state index is 0.244. The molecule has 0 aromatic heterocycles. The zero-order chi connectivity index (χ0) is 16.3. The number of nitrogens with zero attached hydrogens (tertiary/aromatic N) is 1. The van der Waals surface area contributed by atoms with Crippen molar-refractivity contribution >= 4 is 11.9 Å². The number of aliphatic carboxylic acids is 1. The summed E-state index contributed by atoms with van der Waals surface area (Å²) in [4.78, 5) is 25.7. The van der Waals surface area contributed by atoms with E-state index in [-0.39, 0.29) is 5.91 Å². The molecule has 0 spiro atoms. The Labute approximate surface area is 130 Å². The lowest BCUT2D eigenvalue weighted by Gasteiger charge is -2.33. The quantitative estimate of drug-likeness (QED) is 0.908. The molecule has 0 radical (unpaired) electrons. The zero-order valence-corrected chi connectivity index (χ0v) is 13.3. The SMILES string of the molecule is CCC(Oc1cccc(C)c1)C(=O)N1CCCC1(C)C(=O)O. The number of likely N-dealkylation sites (tertiary alicyclic amines) is 1. The van der Waals surface area contributed by atoms with Gasteiger partial charge in [0.05, 0.1) is 0 Å². The number of aryl methyl sites for hydroxylation is 1. The Kier molecular flexibility index (Phi) is 4.74. The van der Waals surface area contributed by atoms with Crippen molar-refractivity contribution in [3.8, 4) is 5.75 Å². The summed E-state index contributed by atoms with van der Waals surface area (Å²) in [6, 6.07) is 7.51. The molecule has 1 amide bonds. The van der Waals surface area contributed by atoms with Gasteiger partial charge in [-0.2, -0.15) is 0 Å². The Hall–Kier alpha value is -2.04. The number of amides is 1. The summed E-state index contributed by atoms with van der Waals surface area (Å²) in [5, 5.41) is 9.44. The fraction of sp³-hybridized carbons (Fsp3) is 0.529. The molecule has 120 valence electrons. The predicted molar refractivity (Wildman–Crippen MR) is 82.9 cm³/mol. The summed E-state index contributed by atoms with van der Waals surface area (Å²) in [5.74, 6) is -0.563. The van der Waals surface area contributed by atoms with Crippen LogP contribution in [0.4, 0.5) is 0 Å². The van der Waals surface area contributed by atoms with Crippen LogP contribution in [-0.4, -0.2) is 40.1 Å². The maximum Gasteiger partial charge on any atom is 0.329 e. The van der Waals surface area contributed by atoms with Crippen LogP contribution in [0.1, 0.15) is 38.7 Å². The van der Waals surface area contributed by atoms with Crippen LogP contribution in [0.5, 0.6) is 5.75 Å². The normalized spacial score (nSPS) is 22.4. The molecule has 1 heterocycles. The van der Waals surface area contributed by atoms with E-state index in [1.165, 1.54) is 4.90 Å². The van der Waals surface area contributed by atoms with E-state index < -0.39 is 17.6 Å². The molecule has 1 aliphatic heterocycles. The highest BCUT2D eigenvalue weighted by molar-refractivity contribution is 5.89. The van der Waals surface area contributed by atoms with Gasteiger partial charge in [0.15, 0.2) is 6.10 Å². The van der Waals surface area contributed by atoms with Crippen molar-refractivity contribution < 1.29 is 19.4 Å². The standard InChI is InChI=1S/C17H23NO4/c1-4-14(22-13-8-5-7-12(2)11-13)15(19)18-10-6-9-17(18,3)16(20)21/h5,7-8,11,14H,4,6,9-10H2,1-3H3,(H,20,21). The van der Waals surface area contributed by atoms with Crippen molar-refractivity contribution in [2.24, 2.45) is 0 Å². The third kappa shape index (κ3) is 3.08. The van der Waals surface area contributed by atoms with E-state index >= 15 is 0 Å². The van der Waals surface area contributed by atoms with Gasteiger partial charge in [-0.15, -0.1) is 0 Å². The third-order valence-corrected chi connectivity index (χ3v) is 4.28. The van der Waals surface area contributed by atoms with E-state index in [0.29, 0.717) is 31.6 Å². The Balaban J connectivity index is 2.17.